The average Bonchev–Trinajstić information content (AvgIpc) is 2.74. The van der Waals surface area contributed by atoms with E-state index in [4.69, 9.17) is 27.9 Å². The number of aromatic nitrogens is 3. The van der Waals surface area contributed by atoms with Crippen molar-refractivity contribution in [2.45, 2.75) is 6.42 Å². The number of piperazine rings is 1. The second kappa shape index (κ2) is 10.4. The van der Waals surface area contributed by atoms with Crippen molar-refractivity contribution in [3.63, 3.8) is 0 Å². The van der Waals surface area contributed by atoms with Crippen LogP contribution in [0.25, 0.3) is 0 Å². The lowest BCUT2D eigenvalue weighted by Crippen LogP contribution is -2.49. The summed E-state index contributed by atoms with van der Waals surface area (Å²) in [6.07, 6.45) is 3.39. The number of hydrogen-bond donors (Lipinski definition) is 2. The largest absolute Gasteiger partial charge is 0.380 e. The molecule has 9 nitrogen and oxygen atoms in total. The van der Waals surface area contributed by atoms with Gasteiger partial charge in [-0.3, -0.25) is 9.59 Å². The smallest absolute Gasteiger partial charge is 0.285 e. The summed E-state index contributed by atoms with van der Waals surface area (Å²) >= 11 is 11.7. The summed E-state index contributed by atoms with van der Waals surface area (Å²) < 4.78 is 5.50. The number of pyridine rings is 1. The van der Waals surface area contributed by atoms with E-state index in [1.54, 1.807) is 6.20 Å². The first-order valence-electron chi connectivity index (χ1n) is 9.23. The maximum Gasteiger partial charge on any atom is 0.285 e. The molecule has 0 aliphatic carbocycles. The van der Waals surface area contributed by atoms with Gasteiger partial charge in [0.05, 0.1) is 36.5 Å². The number of H-pyrrole nitrogens is 1. The van der Waals surface area contributed by atoms with Gasteiger partial charge in [0, 0.05) is 38.9 Å². The van der Waals surface area contributed by atoms with Crippen molar-refractivity contribution in [2.24, 2.45) is 0 Å². The molecule has 3 heterocycles. The van der Waals surface area contributed by atoms with E-state index in [9.17, 15) is 9.59 Å². The monoisotopic (exact) mass is 440 g/mol. The SMILES string of the molecule is O=C(CCOCCNc1cn[nH]c(=O)c1Cl)N1CCN(c2ccc(Cl)cn2)CC1. The van der Waals surface area contributed by atoms with Gasteiger partial charge < -0.3 is 19.9 Å². The van der Waals surface area contributed by atoms with Crippen LogP contribution in [0.2, 0.25) is 10.0 Å². The Hall–Kier alpha value is -2.36. The molecule has 0 aromatic carbocycles. The molecule has 1 fully saturated rings. The fourth-order valence-corrected chi connectivity index (χ4v) is 3.19. The highest BCUT2D eigenvalue weighted by atomic mass is 35.5. The maximum absolute atomic E-state index is 12.3. The number of hydrogen-bond acceptors (Lipinski definition) is 7. The number of aromatic amines is 1. The van der Waals surface area contributed by atoms with Gasteiger partial charge in [-0.15, -0.1) is 0 Å². The van der Waals surface area contributed by atoms with Crippen LogP contribution in [-0.4, -0.2) is 71.9 Å². The molecule has 2 aromatic heterocycles. The number of halogens is 2. The highest BCUT2D eigenvalue weighted by Gasteiger charge is 2.21. The molecule has 2 aromatic rings. The average molecular weight is 441 g/mol. The number of nitrogens with one attached hydrogen (secondary N) is 2. The van der Waals surface area contributed by atoms with Crippen molar-refractivity contribution >= 4 is 40.6 Å². The minimum absolute atomic E-state index is 0.0584. The van der Waals surface area contributed by atoms with E-state index in [-0.39, 0.29) is 10.9 Å². The minimum Gasteiger partial charge on any atom is -0.380 e. The zero-order valence-corrected chi connectivity index (χ0v) is 17.2. The Kier molecular flexibility index (Phi) is 7.68. The molecule has 1 aliphatic rings. The summed E-state index contributed by atoms with van der Waals surface area (Å²) in [7, 11) is 0. The van der Waals surface area contributed by atoms with Crippen LogP contribution < -0.4 is 15.8 Å². The van der Waals surface area contributed by atoms with E-state index < -0.39 is 5.56 Å². The number of amides is 1. The predicted molar refractivity (Wildman–Crippen MR) is 112 cm³/mol. The molecule has 0 atom stereocenters. The molecule has 1 amide bonds. The van der Waals surface area contributed by atoms with Gasteiger partial charge in [0.2, 0.25) is 5.91 Å². The summed E-state index contributed by atoms with van der Waals surface area (Å²) in [5, 5.41) is 9.56. The Morgan fingerprint density at radius 1 is 1.17 bits per heavy atom. The molecular weight excluding hydrogens is 419 g/mol. The molecule has 1 aliphatic heterocycles. The zero-order chi connectivity index (χ0) is 20.6. The molecule has 0 spiro atoms. The standard InChI is InChI=1S/C18H22Cl2N6O3/c19-13-1-2-15(22-11-13)25-5-7-26(8-6-25)16(27)3-9-29-10-4-21-14-12-23-24-18(28)17(14)20/h1-2,11-12H,3-10H2,(H2,21,24,28). The molecule has 0 bridgehead atoms. The van der Waals surface area contributed by atoms with Gasteiger partial charge >= 0.3 is 0 Å². The number of carbonyl (C=O) groups is 1. The van der Waals surface area contributed by atoms with Gasteiger partial charge in [-0.25, -0.2) is 10.1 Å². The third-order valence-corrected chi connectivity index (χ3v) is 5.08. The lowest BCUT2D eigenvalue weighted by atomic mass is 10.2. The molecule has 156 valence electrons. The van der Waals surface area contributed by atoms with Crippen LogP contribution in [0.1, 0.15) is 6.42 Å². The van der Waals surface area contributed by atoms with Crippen LogP contribution in [0.5, 0.6) is 0 Å². The Morgan fingerprint density at radius 3 is 2.69 bits per heavy atom. The van der Waals surface area contributed by atoms with Crippen LogP contribution in [0.15, 0.2) is 29.3 Å². The normalized spacial score (nSPS) is 14.1. The van der Waals surface area contributed by atoms with Gasteiger partial charge in [0.1, 0.15) is 10.8 Å². The minimum atomic E-state index is -0.449. The van der Waals surface area contributed by atoms with E-state index in [1.165, 1.54) is 6.20 Å². The predicted octanol–water partition coefficient (Wildman–Crippen LogP) is 1.64. The Labute approximate surface area is 178 Å². The van der Waals surface area contributed by atoms with Crippen LogP contribution in [0, 0.1) is 0 Å². The van der Waals surface area contributed by atoms with Crippen molar-refractivity contribution in [2.75, 3.05) is 56.2 Å². The fourth-order valence-electron chi connectivity index (χ4n) is 2.92. The number of anilines is 2. The molecule has 3 rings (SSSR count). The first-order valence-corrected chi connectivity index (χ1v) is 9.99. The van der Waals surface area contributed by atoms with E-state index in [0.29, 0.717) is 50.0 Å². The molecule has 0 radical (unpaired) electrons. The third-order valence-electron chi connectivity index (χ3n) is 4.49. The highest BCUT2D eigenvalue weighted by molar-refractivity contribution is 6.32. The Balaban J connectivity index is 1.31. The van der Waals surface area contributed by atoms with E-state index in [0.717, 1.165) is 18.9 Å². The van der Waals surface area contributed by atoms with Crippen molar-refractivity contribution in [1.29, 1.82) is 0 Å². The summed E-state index contributed by atoms with van der Waals surface area (Å²) in [6, 6.07) is 3.70. The number of carbonyl (C=O) groups excluding carboxylic acids is 1. The molecule has 1 saturated heterocycles. The zero-order valence-electron chi connectivity index (χ0n) is 15.7. The molecule has 11 heteroatoms. The van der Waals surface area contributed by atoms with Gasteiger partial charge in [-0.2, -0.15) is 5.10 Å². The van der Waals surface area contributed by atoms with Gasteiger partial charge in [0.25, 0.3) is 5.56 Å². The van der Waals surface area contributed by atoms with E-state index in [2.05, 4.69) is 25.4 Å². The van der Waals surface area contributed by atoms with Crippen LogP contribution >= 0.6 is 23.2 Å². The number of ether oxygens (including phenoxy) is 1. The lowest BCUT2D eigenvalue weighted by molar-refractivity contribution is -0.132. The highest BCUT2D eigenvalue weighted by Crippen LogP contribution is 2.16. The Bertz CT molecular complexity index is 869. The van der Waals surface area contributed by atoms with Crippen LogP contribution in [0.3, 0.4) is 0 Å². The summed E-state index contributed by atoms with van der Waals surface area (Å²) in [5.41, 5.74) is -0.00161. The second-order valence-electron chi connectivity index (χ2n) is 6.42. The topological polar surface area (TPSA) is 103 Å². The second-order valence-corrected chi connectivity index (χ2v) is 7.23. The van der Waals surface area contributed by atoms with Crippen LogP contribution in [-0.2, 0) is 9.53 Å². The molecular formula is C18H22Cl2N6O3. The maximum atomic E-state index is 12.3. The quantitative estimate of drug-likeness (QED) is 0.601. The van der Waals surface area contributed by atoms with Crippen molar-refractivity contribution < 1.29 is 9.53 Å². The van der Waals surface area contributed by atoms with Gasteiger partial charge in [-0.05, 0) is 12.1 Å². The molecule has 29 heavy (non-hydrogen) atoms. The summed E-state index contributed by atoms with van der Waals surface area (Å²) in [5.74, 6) is 0.941. The molecule has 0 saturated carbocycles. The van der Waals surface area contributed by atoms with Crippen LogP contribution in [0.4, 0.5) is 11.5 Å². The summed E-state index contributed by atoms with van der Waals surface area (Å²) in [6.45, 7) is 3.93. The first kappa shape index (κ1) is 21.4. The van der Waals surface area contributed by atoms with E-state index in [1.807, 2.05) is 17.0 Å². The van der Waals surface area contributed by atoms with Crippen molar-refractivity contribution in [3.8, 4) is 0 Å². The fraction of sp³-hybridized carbons (Fsp3) is 0.444. The van der Waals surface area contributed by atoms with Gasteiger partial charge in [-0.1, -0.05) is 23.2 Å². The first-order chi connectivity index (χ1) is 14.0. The third kappa shape index (κ3) is 6.06. The molecule has 0 unspecified atom stereocenters. The van der Waals surface area contributed by atoms with Crippen molar-refractivity contribution in [1.82, 2.24) is 20.1 Å². The summed E-state index contributed by atoms with van der Waals surface area (Å²) in [4.78, 5) is 32.0. The Morgan fingerprint density at radius 2 is 1.97 bits per heavy atom. The van der Waals surface area contributed by atoms with Gasteiger partial charge in [0.15, 0.2) is 0 Å². The number of nitrogens with zero attached hydrogens (tertiary/aromatic N) is 4. The lowest BCUT2D eigenvalue weighted by Gasteiger charge is -2.35. The number of rotatable bonds is 8. The molecule has 2 N–H and O–H groups in total. The van der Waals surface area contributed by atoms with Crippen molar-refractivity contribution in [3.05, 3.63) is 44.9 Å². The van der Waals surface area contributed by atoms with E-state index >= 15 is 0 Å².